The smallest absolute Gasteiger partial charge is 0.0589 e. The Morgan fingerprint density at radius 3 is 2.75 bits per heavy atom. The lowest BCUT2D eigenvalue weighted by Crippen LogP contribution is -2.17. The van der Waals surface area contributed by atoms with Gasteiger partial charge >= 0.3 is 0 Å². The van der Waals surface area contributed by atoms with Crippen LogP contribution < -0.4 is 5.32 Å². The average Bonchev–Trinajstić information content (AvgIpc) is 2.86. The van der Waals surface area contributed by atoms with E-state index in [2.05, 4.69) is 50.9 Å². The van der Waals surface area contributed by atoms with E-state index in [-0.39, 0.29) is 6.04 Å². The molecule has 0 aliphatic rings. The van der Waals surface area contributed by atoms with Crippen LogP contribution in [0.15, 0.2) is 52.3 Å². The highest BCUT2D eigenvalue weighted by Gasteiger charge is 2.17. The van der Waals surface area contributed by atoms with Gasteiger partial charge in [-0.1, -0.05) is 35.9 Å². The molecule has 0 saturated heterocycles. The van der Waals surface area contributed by atoms with Crippen LogP contribution in [0.5, 0.6) is 0 Å². The lowest BCUT2D eigenvalue weighted by molar-refractivity contribution is 0.699. The zero-order valence-electron chi connectivity index (χ0n) is 10.9. The van der Waals surface area contributed by atoms with E-state index in [1.807, 2.05) is 25.2 Å². The molecule has 0 radical (unpaired) electrons. The molecular weight excluding hydrogens is 354 g/mol. The first-order valence-corrected chi connectivity index (χ1v) is 8.34. The summed E-state index contributed by atoms with van der Waals surface area (Å²) in [6, 6.07) is 14.5. The van der Waals surface area contributed by atoms with Crippen LogP contribution in [-0.2, 0) is 0 Å². The van der Waals surface area contributed by atoms with Crippen molar-refractivity contribution in [1.82, 2.24) is 5.32 Å². The van der Waals surface area contributed by atoms with Gasteiger partial charge in [-0.3, -0.25) is 0 Å². The van der Waals surface area contributed by atoms with E-state index < -0.39 is 0 Å². The molecule has 1 heterocycles. The third-order valence-electron chi connectivity index (χ3n) is 3.36. The molecule has 102 valence electrons. The van der Waals surface area contributed by atoms with Crippen LogP contribution in [0, 0.1) is 0 Å². The van der Waals surface area contributed by atoms with E-state index in [4.69, 9.17) is 11.6 Å². The molecule has 0 aliphatic heterocycles. The van der Waals surface area contributed by atoms with Crippen molar-refractivity contribution in [3.8, 4) is 0 Å². The van der Waals surface area contributed by atoms with Gasteiger partial charge in [0.25, 0.3) is 0 Å². The normalized spacial score (nSPS) is 12.8. The summed E-state index contributed by atoms with van der Waals surface area (Å²) in [5.74, 6) is 0. The number of rotatable bonds is 3. The Kier molecular flexibility index (Phi) is 4.13. The summed E-state index contributed by atoms with van der Waals surface area (Å²) < 4.78 is 2.43. The molecule has 0 spiro atoms. The minimum absolute atomic E-state index is 0.150. The number of nitrogens with one attached hydrogen (secondary N) is 1. The number of halogens is 2. The monoisotopic (exact) mass is 365 g/mol. The molecular formula is C16H13BrClNS. The summed E-state index contributed by atoms with van der Waals surface area (Å²) >= 11 is 11.5. The van der Waals surface area contributed by atoms with Gasteiger partial charge in [-0.25, -0.2) is 0 Å². The molecule has 1 N–H and O–H groups in total. The fraction of sp³-hybridized carbons (Fsp3) is 0.125. The van der Waals surface area contributed by atoms with Crippen molar-refractivity contribution in [2.45, 2.75) is 6.04 Å². The van der Waals surface area contributed by atoms with E-state index in [1.165, 1.54) is 21.2 Å². The molecule has 1 unspecified atom stereocenters. The van der Waals surface area contributed by atoms with Crippen molar-refractivity contribution >= 4 is 49.0 Å². The first-order valence-electron chi connectivity index (χ1n) is 6.29. The minimum Gasteiger partial charge on any atom is -0.309 e. The van der Waals surface area contributed by atoms with Crippen LogP contribution >= 0.6 is 38.9 Å². The molecule has 2 aromatic carbocycles. The van der Waals surface area contributed by atoms with Crippen LogP contribution in [0.1, 0.15) is 17.2 Å². The predicted octanol–water partition coefficient (Wildman–Crippen LogP) is 5.63. The Balaban J connectivity index is 2.15. The number of hydrogen-bond acceptors (Lipinski definition) is 2. The zero-order valence-corrected chi connectivity index (χ0v) is 14.0. The number of hydrogen-bond donors (Lipinski definition) is 1. The van der Waals surface area contributed by atoms with Gasteiger partial charge in [0.05, 0.1) is 6.04 Å². The predicted molar refractivity (Wildman–Crippen MR) is 91.9 cm³/mol. The molecule has 0 bridgehead atoms. The second-order valence-corrected chi connectivity index (χ2v) is 6.75. The fourth-order valence-electron chi connectivity index (χ4n) is 2.45. The average molecular weight is 367 g/mol. The molecule has 1 aromatic heterocycles. The number of thiophene rings is 1. The van der Waals surface area contributed by atoms with E-state index in [1.54, 1.807) is 11.3 Å². The highest BCUT2D eigenvalue weighted by molar-refractivity contribution is 9.10. The van der Waals surface area contributed by atoms with E-state index >= 15 is 0 Å². The molecule has 0 fully saturated rings. The van der Waals surface area contributed by atoms with Gasteiger partial charge in [-0.2, -0.15) is 0 Å². The molecule has 0 aliphatic carbocycles. The summed E-state index contributed by atoms with van der Waals surface area (Å²) in [5, 5.41) is 7.66. The Labute approximate surface area is 135 Å². The maximum absolute atomic E-state index is 6.12. The maximum atomic E-state index is 6.12. The third-order valence-corrected chi connectivity index (χ3v) is 5.57. The van der Waals surface area contributed by atoms with Crippen molar-refractivity contribution in [3.63, 3.8) is 0 Å². The lowest BCUT2D eigenvalue weighted by atomic mass is 9.98. The number of benzene rings is 2. The first kappa shape index (κ1) is 14.1. The molecule has 3 aromatic rings. The Morgan fingerprint density at radius 2 is 2.00 bits per heavy atom. The van der Waals surface area contributed by atoms with Gasteiger partial charge in [0.15, 0.2) is 0 Å². The molecule has 3 rings (SSSR count). The van der Waals surface area contributed by atoms with Crippen molar-refractivity contribution in [2.75, 3.05) is 7.05 Å². The van der Waals surface area contributed by atoms with Crippen molar-refractivity contribution in [1.29, 1.82) is 0 Å². The van der Waals surface area contributed by atoms with Crippen molar-refractivity contribution in [3.05, 3.63) is 68.5 Å². The minimum atomic E-state index is 0.150. The summed E-state index contributed by atoms with van der Waals surface area (Å²) in [5.41, 5.74) is 2.47. The van der Waals surface area contributed by atoms with Crippen LogP contribution in [0.2, 0.25) is 5.02 Å². The van der Waals surface area contributed by atoms with Gasteiger partial charge in [-0.05, 0) is 63.1 Å². The largest absolute Gasteiger partial charge is 0.309 e. The lowest BCUT2D eigenvalue weighted by Gasteiger charge is -2.16. The molecule has 0 amide bonds. The topological polar surface area (TPSA) is 12.0 Å². The maximum Gasteiger partial charge on any atom is 0.0589 e. The summed E-state index contributed by atoms with van der Waals surface area (Å²) in [7, 11) is 1.98. The molecule has 4 heteroatoms. The van der Waals surface area contributed by atoms with E-state index in [0.29, 0.717) is 0 Å². The molecule has 20 heavy (non-hydrogen) atoms. The highest BCUT2D eigenvalue weighted by atomic mass is 79.9. The van der Waals surface area contributed by atoms with Crippen LogP contribution in [0.25, 0.3) is 10.1 Å². The molecule has 0 saturated carbocycles. The molecule has 1 nitrogen and oxygen atoms in total. The quantitative estimate of drug-likeness (QED) is 0.634. The summed E-state index contributed by atoms with van der Waals surface area (Å²) in [6.45, 7) is 0. The first-order chi connectivity index (χ1) is 9.70. The second-order valence-electron chi connectivity index (χ2n) is 4.58. The highest BCUT2D eigenvalue weighted by Crippen LogP contribution is 2.37. The SMILES string of the molecule is CNC(c1cccc(Cl)c1)c1csc2c(Br)cccc12. The second kappa shape index (κ2) is 5.86. The Bertz CT molecular complexity index is 753. The third kappa shape index (κ3) is 2.51. The van der Waals surface area contributed by atoms with Crippen LogP contribution in [-0.4, -0.2) is 7.05 Å². The fourth-order valence-corrected chi connectivity index (χ4v) is 4.30. The van der Waals surface area contributed by atoms with E-state index in [9.17, 15) is 0 Å². The molecule has 1 atom stereocenters. The van der Waals surface area contributed by atoms with Gasteiger partial charge in [-0.15, -0.1) is 11.3 Å². The van der Waals surface area contributed by atoms with Gasteiger partial charge in [0.1, 0.15) is 0 Å². The zero-order chi connectivity index (χ0) is 14.1. The standard InChI is InChI=1S/C16H13BrClNS/c1-19-15(10-4-2-5-11(18)8-10)13-9-20-16-12(13)6-3-7-14(16)17/h2-9,15,19H,1H3. The summed E-state index contributed by atoms with van der Waals surface area (Å²) in [6.07, 6.45) is 0. The van der Waals surface area contributed by atoms with Crippen molar-refractivity contribution in [2.24, 2.45) is 0 Å². The Hall–Kier alpha value is -0.870. The van der Waals surface area contributed by atoms with Crippen LogP contribution in [0.3, 0.4) is 0 Å². The van der Waals surface area contributed by atoms with E-state index in [0.717, 1.165) is 9.50 Å². The Morgan fingerprint density at radius 1 is 1.20 bits per heavy atom. The number of fused-ring (bicyclic) bond motifs is 1. The van der Waals surface area contributed by atoms with Gasteiger partial charge < -0.3 is 5.32 Å². The van der Waals surface area contributed by atoms with Crippen LogP contribution in [0.4, 0.5) is 0 Å². The van der Waals surface area contributed by atoms with Gasteiger partial charge in [0.2, 0.25) is 0 Å². The van der Waals surface area contributed by atoms with Gasteiger partial charge in [0, 0.05) is 14.2 Å². The van der Waals surface area contributed by atoms with Crippen molar-refractivity contribution < 1.29 is 0 Å². The summed E-state index contributed by atoms with van der Waals surface area (Å²) in [4.78, 5) is 0.